The van der Waals surface area contributed by atoms with E-state index in [1.54, 1.807) is 0 Å². The van der Waals surface area contributed by atoms with Crippen LogP contribution in [-0.4, -0.2) is 29.4 Å². The Labute approximate surface area is 172 Å². The first-order chi connectivity index (χ1) is 10.9. The number of rotatable bonds is 16. The van der Waals surface area contributed by atoms with Crippen LogP contribution < -0.4 is 29.6 Å². The maximum atomic E-state index is 11.4. The fourth-order valence-electron chi connectivity index (χ4n) is 2.89. The molecule has 0 saturated carbocycles. The summed E-state index contributed by atoms with van der Waals surface area (Å²) in [6.45, 7) is 4.14. The third-order valence-electron chi connectivity index (χ3n) is 4.57. The Hall–Kier alpha value is 0.870. The Morgan fingerprint density at radius 3 is 1.67 bits per heavy atom. The Morgan fingerprint density at radius 2 is 1.21 bits per heavy atom. The SMILES string of the molecule is CCCCCCCCCC(CCCCCC(O)CC)S(=O)(=O)[O-].[Na+]. The topological polar surface area (TPSA) is 77.4 Å². The second-order valence-corrected chi connectivity index (χ2v) is 8.38. The van der Waals surface area contributed by atoms with Gasteiger partial charge in [-0.25, -0.2) is 8.42 Å². The third kappa shape index (κ3) is 16.3. The van der Waals surface area contributed by atoms with Crippen LogP contribution in [0.4, 0.5) is 0 Å². The van der Waals surface area contributed by atoms with E-state index < -0.39 is 15.4 Å². The molecule has 2 atom stereocenters. The molecule has 0 saturated heterocycles. The molecule has 0 heterocycles. The number of hydrogen-bond acceptors (Lipinski definition) is 4. The molecule has 0 spiro atoms. The predicted molar refractivity (Wildman–Crippen MR) is 95.5 cm³/mol. The van der Waals surface area contributed by atoms with Gasteiger partial charge in [-0.05, 0) is 25.7 Å². The first-order valence-corrected chi connectivity index (χ1v) is 11.0. The van der Waals surface area contributed by atoms with E-state index in [4.69, 9.17) is 0 Å². The van der Waals surface area contributed by atoms with Crippen molar-refractivity contribution in [3.05, 3.63) is 0 Å². The fourth-order valence-corrected chi connectivity index (χ4v) is 3.81. The summed E-state index contributed by atoms with van der Waals surface area (Å²) in [4.78, 5) is 0. The molecule has 1 N–H and O–H groups in total. The molecule has 6 heteroatoms. The van der Waals surface area contributed by atoms with Gasteiger partial charge in [-0.3, -0.25) is 0 Å². The summed E-state index contributed by atoms with van der Waals surface area (Å²) in [6.07, 6.45) is 12.8. The maximum Gasteiger partial charge on any atom is 1.00 e. The van der Waals surface area contributed by atoms with Gasteiger partial charge >= 0.3 is 29.6 Å². The summed E-state index contributed by atoms with van der Waals surface area (Å²) in [5.41, 5.74) is 0. The number of hydrogen-bond donors (Lipinski definition) is 1. The monoisotopic (exact) mass is 372 g/mol. The van der Waals surface area contributed by atoms with Crippen molar-refractivity contribution in [1.29, 1.82) is 0 Å². The van der Waals surface area contributed by atoms with E-state index in [0.29, 0.717) is 12.8 Å². The van der Waals surface area contributed by atoms with Crippen molar-refractivity contribution in [3.63, 3.8) is 0 Å². The van der Waals surface area contributed by atoms with Crippen molar-refractivity contribution < 1.29 is 47.6 Å². The van der Waals surface area contributed by atoms with Crippen molar-refractivity contribution in [2.24, 2.45) is 0 Å². The van der Waals surface area contributed by atoms with Gasteiger partial charge in [0.25, 0.3) is 0 Å². The molecule has 2 unspecified atom stereocenters. The van der Waals surface area contributed by atoms with Gasteiger partial charge in [-0.2, -0.15) is 0 Å². The molecule has 0 aliphatic heterocycles. The molecule has 4 nitrogen and oxygen atoms in total. The van der Waals surface area contributed by atoms with Crippen LogP contribution in [0.5, 0.6) is 0 Å². The second-order valence-electron chi connectivity index (χ2n) is 6.72. The van der Waals surface area contributed by atoms with Gasteiger partial charge in [-0.15, -0.1) is 0 Å². The van der Waals surface area contributed by atoms with Crippen molar-refractivity contribution >= 4 is 10.1 Å². The summed E-state index contributed by atoms with van der Waals surface area (Å²) in [7, 11) is -4.17. The third-order valence-corrected chi connectivity index (χ3v) is 5.86. The zero-order chi connectivity index (χ0) is 17.6. The van der Waals surface area contributed by atoms with Crippen molar-refractivity contribution in [1.82, 2.24) is 0 Å². The van der Waals surface area contributed by atoms with Crippen LogP contribution in [0.15, 0.2) is 0 Å². The summed E-state index contributed by atoms with van der Waals surface area (Å²) in [6, 6.07) is 0. The van der Waals surface area contributed by atoms with E-state index >= 15 is 0 Å². The summed E-state index contributed by atoms with van der Waals surface area (Å²) in [5.74, 6) is 0. The van der Waals surface area contributed by atoms with Crippen molar-refractivity contribution in [3.8, 4) is 0 Å². The smallest absolute Gasteiger partial charge is 0.748 e. The van der Waals surface area contributed by atoms with Gasteiger partial charge < -0.3 is 9.66 Å². The van der Waals surface area contributed by atoms with Crippen molar-refractivity contribution in [2.75, 3.05) is 0 Å². The van der Waals surface area contributed by atoms with E-state index in [9.17, 15) is 18.1 Å². The molecule has 0 bridgehead atoms. The van der Waals surface area contributed by atoms with E-state index in [1.165, 1.54) is 25.7 Å². The summed E-state index contributed by atoms with van der Waals surface area (Å²) in [5, 5.41) is 8.76. The Morgan fingerprint density at radius 1 is 0.792 bits per heavy atom. The fraction of sp³-hybridized carbons (Fsp3) is 1.00. The molecule has 0 amide bonds. The molecule has 0 rings (SSSR count). The van der Waals surface area contributed by atoms with Gasteiger partial charge in [0.05, 0.1) is 16.2 Å². The molecular formula is C18H37NaO4S. The molecule has 140 valence electrons. The molecule has 0 radical (unpaired) electrons. The van der Waals surface area contributed by atoms with Gasteiger partial charge in [0.2, 0.25) is 0 Å². The molecule has 0 aromatic carbocycles. The van der Waals surface area contributed by atoms with E-state index in [-0.39, 0.29) is 35.7 Å². The van der Waals surface area contributed by atoms with Crippen LogP contribution in [0, 0.1) is 0 Å². The van der Waals surface area contributed by atoms with Crippen LogP contribution in [0.2, 0.25) is 0 Å². The zero-order valence-electron chi connectivity index (χ0n) is 16.1. The van der Waals surface area contributed by atoms with Crippen LogP contribution in [0.25, 0.3) is 0 Å². The minimum absolute atomic E-state index is 0. The normalized spacial score (nSPS) is 14.2. The summed E-state index contributed by atoms with van der Waals surface area (Å²) >= 11 is 0. The molecule has 24 heavy (non-hydrogen) atoms. The van der Waals surface area contributed by atoms with E-state index in [0.717, 1.165) is 51.4 Å². The number of aliphatic hydroxyl groups excluding tert-OH is 1. The molecule has 0 fully saturated rings. The minimum Gasteiger partial charge on any atom is -0.748 e. The second kappa shape index (κ2) is 17.3. The van der Waals surface area contributed by atoms with Gasteiger partial charge in [-0.1, -0.05) is 78.1 Å². The van der Waals surface area contributed by atoms with Gasteiger partial charge in [0, 0.05) is 5.25 Å². The van der Waals surface area contributed by atoms with E-state index in [2.05, 4.69) is 6.92 Å². The molecule has 0 aromatic rings. The Bertz CT molecular complexity index is 360. The Kier molecular flexibility index (Phi) is 19.5. The zero-order valence-corrected chi connectivity index (χ0v) is 19.0. The average molecular weight is 373 g/mol. The molecule has 0 aliphatic carbocycles. The van der Waals surface area contributed by atoms with Crippen LogP contribution >= 0.6 is 0 Å². The van der Waals surface area contributed by atoms with Gasteiger partial charge in [0.15, 0.2) is 0 Å². The average Bonchev–Trinajstić information content (AvgIpc) is 2.50. The minimum atomic E-state index is -4.17. The maximum absolute atomic E-state index is 11.4. The van der Waals surface area contributed by atoms with Crippen LogP contribution in [0.1, 0.15) is 104 Å². The van der Waals surface area contributed by atoms with Crippen LogP contribution in [0.3, 0.4) is 0 Å². The molecule has 0 aromatic heterocycles. The number of unbranched alkanes of at least 4 members (excludes halogenated alkanes) is 8. The van der Waals surface area contributed by atoms with Gasteiger partial charge in [0.1, 0.15) is 0 Å². The quantitative estimate of drug-likeness (QED) is 0.254. The van der Waals surface area contributed by atoms with Crippen molar-refractivity contribution in [2.45, 2.75) is 115 Å². The molecule has 0 aliphatic rings. The Balaban J connectivity index is 0. The largest absolute Gasteiger partial charge is 1.00 e. The summed E-state index contributed by atoms with van der Waals surface area (Å²) < 4.78 is 34.1. The predicted octanol–water partition coefficient (Wildman–Crippen LogP) is 1.77. The molecular weight excluding hydrogens is 335 g/mol. The number of aliphatic hydroxyl groups is 1. The first kappa shape index (κ1) is 27.1. The van der Waals surface area contributed by atoms with E-state index in [1.807, 2.05) is 6.92 Å². The van der Waals surface area contributed by atoms with Crippen LogP contribution in [-0.2, 0) is 10.1 Å². The first-order valence-electron chi connectivity index (χ1n) is 9.54. The standard InChI is InChI=1S/C18H38O4S.Na/c1-3-5-6-7-8-9-12-15-18(23(20,21)22)16-13-10-11-14-17(19)4-2;/h17-19H,3-16H2,1-2H3,(H,20,21,22);/q;+1/p-1.